The summed E-state index contributed by atoms with van der Waals surface area (Å²) in [7, 11) is 1.59. The maximum atomic E-state index is 12.1. The van der Waals surface area contributed by atoms with Gasteiger partial charge in [0.25, 0.3) is 0 Å². The highest BCUT2D eigenvalue weighted by Crippen LogP contribution is 2.24. The Labute approximate surface area is 160 Å². The standard InChI is InChI=1S/C18H15Cl2N3O3/c1-25-15-4-2-3-11(7-15)18-23-22-17(26-18)6-5-16(24)21-14-9-12(19)8-13(20)10-14/h2-4,7-10H,5-6H2,1H3,(H,21,24). The Kier molecular flexibility index (Phi) is 5.75. The first-order valence-corrected chi connectivity index (χ1v) is 8.52. The summed E-state index contributed by atoms with van der Waals surface area (Å²) >= 11 is 11.8. The van der Waals surface area contributed by atoms with E-state index in [9.17, 15) is 4.79 Å². The van der Waals surface area contributed by atoms with E-state index >= 15 is 0 Å². The van der Waals surface area contributed by atoms with E-state index in [4.69, 9.17) is 32.4 Å². The summed E-state index contributed by atoms with van der Waals surface area (Å²) in [6, 6.07) is 12.1. The third-order valence-electron chi connectivity index (χ3n) is 3.50. The van der Waals surface area contributed by atoms with E-state index < -0.39 is 0 Å². The molecule has 0 atom stereocenters. The van der Waals surface area contributed by atoms with Crippen molar-refractivity contribution < 1.29 is 13.9 Å². The Morgan fingerprint density at radius 3 is 2.65 bits per heavy atom. The van der Waals surface area contributed by atoms with Crippen LogP contribution in [0.15, 0.2) is 46.9 Å². The van der Waals surface area contributed by atoms with Gasteiger partial charge in [-0.1, -0.05) is 29.3 Å². The molecule has 0 spiro atoms. The molecule has 0 bridgehead atoms. The zero-order chi connectivity index (χ0) is 18.5. The van der Waals surface area contributed by atoms with E-state index in [1.54, 1.807) is 31.4 Å². The van der Waals surface area contributed by atoms with Crippen molar-refractivity contribution in [2.45, 2.75) is 12.8 Å². The number of hydrogen-bond acceptors (Lipinski definition) is 5. The maximum Gasteiger partial charge on any atom is 0.247 e. The van der Waals surface area contributed by atoms with Crippen molar-refractivity contribution in [1.29, 1.82) is 0 Å². The molecule has 0 radical (unpaired) electrons. The van der Waals surface area contributed by atoms with Gasteiger partial charge in [0.1, 0.15) is 5.75 Å². The number of aryl methyl sites for hydroxylation is 1. The van der Waals surface area contributed by atoms with Gasteiger partial charge in [-0.2, -0.15) is 0 Å². The summed E-state index contributed by atoms with van der Waals surface area (Å²) in [6.45, 7) is 0. The van der Waals surface area contributed by atoms with Gasteiger partial charge in [-0.3, -0.25) is 4.79 Å². The molecule has 1 aromatic heterocycles. The van der Waals surface area contributed by atoms with E-state index in [-0.39, 0.29) is 12.3 Å². The lowest BCUT2D eigenvalue weighted by Gasteiger charge is -2.05. The van der Waals surface area contributed by atoms with Crippen molar-refractivity contribution in [1.82, 2.24) is 10.2 Å². The summed E-state index contributed by atoms with van der Waals surface area (Å²) in [5.74, 6) is 1.24. The molecule has 1 heterocycles. The predicted molar refractivity (Wildman–Crippen MR) is 99.7 cm³/mol. The van der Waals surface area contributed by atoms with Gasteiger partial charge in [0.05, 0.1) is 7.11 Å². The lowest BCUT2D eigenvalue weighted by Crippen LogP contribution is -2.12. The number of nitrogens with zero attached hydrogens (tertiary/aromatic N) is 2. The second kappa shape index (κ2) is 8.21. The van der Waals surface area contributed by atoms with Crippen LogP contribution in [-0.2, 0) is 11.2 Å². The number of ether oxygens (including phenoxy) is 1. The maximum absolute atomic E-state index is 12.1. The molecule has 3 aromatic rings. The van der Waals surface area contributed by atoms with Gasteiger partial charge < -0.3 is 14.5 Å². The molecular weight excluding hydrogens is 377 g/mol. The molecule has 134 valence electrons. The second-order valence-corrected chi connectivity index (χ2v) is 6.31. The molecule has 8 heteroatoms. The van der Waals surface area contributed by atoms with E-state index in [0.29, 0.717) is 39.7 Å². The number of halogens is 2. The Hall–Kier alpha value is -2.57. The number of rotatable bonds is 6. The minimum atomic E-state index is -0.204. The largest absolute Gasteiger partial charge is 0.497 e. The van der Waals surface area contributed by atoms with Crippen LogP contribution in [0.25, 0.3) is 11.5 Å². The van der Waals surface area contributed by atoms with Crippen LogP contribution in [-0.4, -0.2) is 23.2 Å². The fraction of sp³-hybridized carbons (Fsp3) is 0.167. The minimum absolute atomic E-state index is 0.184. The molecule has 0 aliphatic rings. The number of amides is 1. The van der Waals surface area contributed by atoms with Crippen LogP contribution in [0, 0.1) is 0 Å². The number of carbonyl (C=O) groups is 1. The average molecular weight is 392 g/mol. The SMILES string of the molecule is COc1cccc(-c2nnc(CCC(=O)Nc3cc(Cl)cc(Cl)c3)o2)c1. The lowest BCUT2D eigenvalue weighted by molar-refractivity contribution is -0.116. The van der Waals surface area contributed by atoms with Crippen LogP contribution in [0.5, 0.6) is 5.75 Å². The highest BCUT2D eigenvalue weighted by atomic mass is 35.5. The van der Waals surface area contributed by atoms with Gasteiger partial charge in [0.2, 0.25) is 17.7 Å². The van der Waals surface area contributed by atoms with E-state index in [1.807, 2.05) is 18.2 Å². The quantitative estimate of drug-likeness (QED) is 0.662. The van der Waals surface area contributed by atoms with E-state index in [0.717, 1.165) is 5.56 Å². The molecule has 0 aliphatic carbocycles. The first-order valence-electron chi connectivity index (χ1n) is 7.76. The summed E-state index contributed by atoms with van der Waals surface area (Å²) in [6.07, 6.45) is 0.501. The molecule has 0 aliphatic heterocycles. The molecule has 1 amide bonds. The number of benzene rings is 2. The zero-order valence-corrected chi connectivity index (χ0v) is 15.3. The van der Waals surface area contributed by atoms with Crippen LogP contribution >= 0.6 is 23.2 Å². The lowest BCUT2D eigenvalue weighted by atomic mass is 10.2. The normalized spacial score (nSPS) is 10.6. The zero-order valence-electron chi connectivity index (χ0n) is 13.8. The molecule has 0 saturated heterocycles. The van der Waals surface area contributed by atoms with Gasteiger partial charge in [0, 0.05) is 34.1 Å². The minimum Gasteiger partial charge on any atom is -0.497 e. The summed E-state index contributed by atoms with van der Waals surface area (Å²) in [4.78, 5) is 12.1. The average Bonchev–Trinajstić information content (AvgIpc) is 3.08. The molecule has 0 fully saturated rings. The van der Waals surface area contributed by atoms with E-state index in [1.165, 1.54) is 0 Å². The van der Waals surface area contributed by atoms with Gasteiger partial charge in [0.15, 0.2) is 0 Å². The predicted octanol–water partition coefficient (Wildman–Crippen LogP) is 4.62. The van der Waals surface area contributed by atoms with E-state index in [2.05, 4.69) is 15.5 Å². The number of anilines is 1. The molecular formula is C18H15Cl2N3O3. The number of aromatic nitrogens is 2. The first kappa shape index (κ1) is 18.2. The Bertz CT molecular complexity index is 907. The van der Waals surface area contributed by atoms with Crippen molar-refractivity contribution in [3.8, 4) is 17.2 Å². The van der Waals surface area contributed by atoms with Crippen LogP contribution < -0.4 is 10.1 Å². The number of carbonyl (C=O) groups excluding carboxylic acids is 1. The van der Waals surface area contributed by atoms with Gasteiger partial charge in [-0.05, 0) is 36.4 Å². The Balaban J connectivity index is 1.59. The Morgan fingerprint density at radius 1 is 1.15 bits per heavy atom. The summed E-state index contributed by atoms with van der Waals surface area (Å²) in [5.41, 5.74) is 1.29. The second-order valence-electron chi connectivity index (χ2n) is 5.44. The van der Waals surface area contributed by atoms with Crippen LogP contribution in [0.2, 0.25) is 10.0 Å². The molecule has 0 unspecified atom stereocenters. The molecule has 2 aromatic carbocycles. The van der Waals surface area contributed by atoms with Crippen molar-refractivity contribution >= 4 is 34.8 Å². The fourth-order valence-electron chi connectivity index (χ4n) is 2.30. The van der Waals surface area contributed by atoms with Crippen molar-refractivity contribution in [3.63, 3.8) is 0 Å². The first-order chi connectivity index (χ1) is 12.5. The monoisotopic (exact) mass is 391 g/mol. The molecule has 3 rings (SSSR count). The van der Waals surface area contributed by atoms with Crippen LogP contribution in [0.3, 0.4) is 0 Å². The van der Waals surface area contributed by atoms with Gasteiger partial charge in [-0.15, -0.1) is 10.2 Å². The molecule has 26 heavy (non-hydrogen) atoms. The van der Waals surface area contributed by atoms with Crippen LogP contribution in [0.1, 0.15) is 12.3 Å². The van der Waals surface area contributed by atoms with Gasteiger partial charge in [-0.25, -0.2) is 0 Å². The van der Waals surface area contributed by atoms with Crippen molar-refractivity contribution in [2.24, 2.45) is 0 Å². The third-order valence-corrected chi connectivity index (χ3v) is 3.93. The highest BCUT2D eigenvalue weighted by molar-refractivity contribution is 6.35. The van der Waals surface area contributed by atoms with Crippen LogP contribution in [0.4, 0.5) is 5.69 Å². The molecule has 1 N–H and O–H groups in total. The van der Waals surface area contributed by atoms with Crippen molar-refractivity contribution in [2.75, 3.05) is 12.4 Å². The number of methoxy groups -OCH3 is 1. The Morgan fingerprint density at radius 2 is 1.92 bits per heavy atom. The van der Waals surface area contributed by atoms with Crippen molar-refractivity contribution in [3.05, 3.63) is 58.4 Å². The number of nitrogens with one attached hydrogen (secondary N) is 1. The molecule has 0 saturated carbocycles. The topological polar surface area (TPSA) is 77.2 Å². The summed E-state index contributed by atoms with van der Waals surface area (Å²) < 4.78 is 10.8. The third kappa shape index (κ3) is 4.74. The molecule has 6 nitrogen and oxygen atoms in total. The highest BCUT2D eigenvalue weighted by Gasteiger charge is 2.12. The fourth-order valence-corrected chi connectivity index (χ4v) is 2.82. The summed E-state index contributed by atoms with van der Waals surface area (Å²) in [5, 5.41) is 11.6. The number of hydrogen-bond donors (Lipinski definition) is 1. The smallest absolute Gasteiger partial charge is 0.247 e. The van der Waals surface area contributed by atoms with Gasteiger partial charge >= 0.3 is 0 Å².